The first-order valence-corrected chi connectivity index (χ1v) is 7.04. The lowest BCUT2D eigenvalue weighted by molar-refractivity contribution is -0.138. The number of ether oxygens (including phenoxy) is 1. The van der Waals surface area contributed by atoms with Crippen LogP contribution in [0.4, 0.5) is 5.69 Å². The highest BCUT2D eigenvalue weighted by Gasteiger charge is 2.22. The summed E-state index contributed by atoms with van der Waals surface area (Å²) in [5, 5.41) is 3.19. The van der Waals surface area contributed by atoms with Crippen molar-refractivity contribution in [2.45, 2.75) is 19.6 Å². The molecule has 0 aromatic heterocycles. The van der Waals surface area contributed by atoms with Gasteiger partial charge in [0.15, 0.2) is 0 Å². The lowest BCUT2D eigenvalue weighted by Crippen LogP contribution is -2.21. The molecule has 0 saturated carbocycles. The van der Waals surface area contributed by atoms with Gasteiger partial charge in [-0.3, -0.25) is 4.18 Å². The van der Waals surface area contributed by atoms with Crippen LogP contribution in [0.25, 0.3) is 6.08 Å². The number of carbonyl (C=O) groups excluding carboxylic acids is 1. The molecule has 0 bridgehead atoms. The number of fused-ring (bicyclic) bond motifs is 1. The maximum absolute atomic E-state index is 11.9. The van der Waals surface area contributed by atoms with Crippen LogP contribution < -0.4 is 5.32 Å². The van der Waals surface area contributed by atoms with Gasteiger partial charge in [0.05, 0.1) is 6.61 Å². The molecule has 1 aromatic rings. The van der Waals surface area contributed by atoms with E-state index in [0.29, 0.717) is 18.6 Å². The Morgan fingerprint density at radius 3 is 3.05 bits per heavy atom. The second kappa shape index (κ2) is 6.45. The van der Waals surface area contributed by atoms with Gasteiger partial charge in [-0.05, 0) is 43.6 Å². The lowest BCUT2D eigenvalue weighted by atomic mass is 10.1. The molecular weight excluding hydrogens is 330 g/mol. The molecule has 0 fully saturated rings. The van der Waals surface area contributed by atoms with Gasteiger partial charge < -0.3 is 10.1 Å². The largest absolute Gasteiger partial charge is 0.463 e. The minimum absolute atomic E-state index is 0.324. The molecule has 102 valence electrons. The number of thiol groups is 1. The fourth-order valence-electron chi connectivity index (χ4n) is 1.88. The summed E-state index contributed by atoms with van der Waals surface area (Å²) < 4.78 is 11.0. The van der Waals surface area contributed by atoms with E-state index in [0.717, 1.165) is 15.7 Å². The van der Waals surface area contributed by atoms with Crippen LogP contribution in [0.5, 0.6) is 0 Å². The molecule has 19 heavy (non-hydrogen) atoms. The number of benzene rings is 1. The fourth-order valence-corrected chi connectivity index (χ4v) is 2.37. The number of hydrogen-bond donors (Lipinski definition) is 2. The van der Waals surface area contributed by atoms with E-state index in [4.69, 9.17) is 8.92 Å². The van der Waals surface area contributed by atoms with Gasteiger partial charge in [-0.2, -0.15) is 0 Å². The van der Waals surface area contributed by atoms with Crippen LogP contribution in [-0.4, -0.2) is 18.8 Å². The van der Waals surface area contributed by atoms with Gasteiger partial charge in [-0.1, -0.05) is 22.0 Å². The Hall–Kier alpha value is -0.980. The molecule has 1 aromatic carbocycles. The van der Waals surface area contributed by atoms with Crippen molar-refractivity contribution in [3.63, 3.8) is 0 Å². The first-order valence-electron chi connectivity index (χ1n) is 5.88. The third-order valence-electron chi connectivity index (χ3n) is 2.73. The Morgan fingerprint density at radius 2 is 2.37 bits per heavy atom. The van der Waals surface area contributed by atoms with Crippen LogP contribution in [0.2, 0.25) is 0 Å². The Labute approximate surface area is 125 Å². The molecule has 0 spiro atoms. The summed E-state index contributed by atoms with van der Waals surface area (Å²) in [5.74, 6) is -0.324. The van der Waals surface area contributed by atoms with Gasteiger partial charge in [0, 0.05) is 22.2 Å². The van der Waals surface area contributed by atoms with Crippen molar-refractivity contribution in [1.82, 2.24) is 0 Å². The van der Waals surface area contributed by atoms with E-state index in [1.807, 2.05) is 24.3 Å². The highest BCUT2D eigenvalue weighted by Crippen LogP contribution is 2.30. The molecular formula is C13H14BrNO3S. The second-order valence-corrected chi connectivity index (χ2v) is 5.19. The van der Waals surface area contributed by atoms with Crippen molar-refractivity contribution < 1.29 is 13.7 Å². The van der Waals surface area contributed by atoms with Crippen molar-refractivity contribution in [2.75, 3.05) is 11.9 Å². The summed E-state index contributed by atoms with van der Waals surface area (Å²) in [4.78, 5) is 11.9. The van der Waals surface area contributed by atoms with E-state index in [1.165, 1.54) is 0 Å². The van der Waals surface area contributed by atoms with Crippen LogP contribution >= 0.6 is 28.8 Å². The van der Waals surface area contributed by atoms with E-state index in [9.17, 15) is 4.79 Å². The van der Waals surface area contributed by atoms with Gasteiger partial charge >= 0.3 is 5.97 Å². The minimum Gasteiger partial charge on any atom is -0.463 e. The summed E-state index contributed by atoms with van der Waals surface area (Å²) in [6.45, 7) is 2.13. The number of esters is 1. The smallest absolute Gasteiger partial charge is 0.334 e. The molecule has 1 aliphatic rings. The molecule has 1 heterocycles. The normalized spacial score (nSPS) is 17.8. The van der Waals surface area contributed by atoms with Crippen molar-refractivity contribution in [3.05, 3.63) is 33.8 Å². The van der Waals surface area contributed by atoms with Crippen LogP contribution in [-0.2, 0) is 13.7 Å². The molecule has 0 saturated heterocycles. The first kappa shape index (κ1) is 14.4. The van der Waals surface area contributed by atoms with E-state index < -0.39 is 0 Å². The number of nitrogens with one attached hydrogen (secondary N) is 1. The maximum atomic E-state index is 11.9. The third kappa shape index (κ3) is 3.52. The molecule has 0 radical (unpaired) electrons. The Balaban J connectivity index is 2.38. The standard InChI is InChI=1S/C13H14BrNO3S/c1-2-17-13(16)9-5-8-3-4-10(14)7-11(8)15-12(6-9)18-19/h3-5,7,12,15,19H,2,6H2,1H3. The molecule has 1 N–H and O–H groups in total. The third-order valence-corrected chi connectivity index (χ3v) is 3.48. The first-order chi connectivity index (χ1) is 9.13. The molecule has 1 unspecified atom stereocenters. The van der Waals surface area contributed by atoms with Crippen LogP contribution in [0.1, 0.15) is 18.9 Å². The lowest BCUT2D eigenvalue weighted by Gasteiger charge is -2.16. The van der Waals surface area contributed by atoms with Crippen LogP contribution in [0.3, 0.4) is 0 Å². The van der Waals surface area contributed by atoms with E-state index in [2.05, 4.69) is 34.2 Å². The van der Waals surface area contributed by atoms with Gasteiger partial charge in [0.2, 0.25) is 0 Å². The highest BCUT2D eigenvalue weighted by atomic mass is 79.9. The molecule has 0 aliphatic carbocycles. The summed E-state index contributed by atoms with van der Waals surface area (Å²) in [6, 6.07) is 5.77. The van der Waals surface area contributed by atoms with Gasteiger partial charge in [0.1, 0.15) is 6.23 Å². The molecule has 1 aliphatic heterocycles. The molecule has 4 nitrogen and oxygen atoms in total. The number of rotatable bonds is 3. The number of carbonyl (C=O) groups is 1. The fraction of sp³-hybridized carbons (Fsp3) is 0.308. The monoisotopic (exact) mass is 343 g/mol. The summed E-state index contributed by atoms with van der Waals surface area (Å²) >= 11 is 7.25. The molecule has 6 heteroatoms. The quantitative estimate of drug-likeness (QED) is 0.501. The predicted molar refractivity (Wildman–Crippen MR) is 80.9 cm³/mol. The van der Waals surface area contributed by atoms with Crippen molar-refractivity contribution >= 4 is 46.6 Å². The Morgan fingerprint density at radius 1 is 1.58 bits per heavy atom. The highest BCUT2D eigenvalue weighted by molar-refractivity contribution is 9.10. The van der Waals surface area contributed by atoms with E-state index in [-0.39, 0.29) is 12.2 Å². The summed E-state index contributed by atoms with van der Waals surface area (Å²) in [5.41, 5.74) is 2.36. The number of anilines is 1. The Bertz CT molecular complexity index is 519. The van der Waals surface area contributed by atoms with Gasteiger partial charge in [0.25, 0.3) is 0 Å². The average Bonchev–Trinajstić information content (AvgIpc) is 2.57. The van der Waals surface area contributed by atoms with Gasteiger partial charge in [-0.25, -0.2) is 4.79 Å². The molecule has 1 atom stereocenters. The van der Waals surface area contributed by atoms with Crippen LogP contribution in [0.15, 0.2) is 28.2 Å². The number of hydrogen-bond acceptors (Lipinski definition) is 5. The Kier molecular flexibility index (Phi) is 4.90. The topological polar surface area (TPSA) is 47.6 Å². The molecule has 0 amide bonds. The predicted octanol–water partition coefficient (Wildman–Crippen LogP) is 3.40. The second-order valence-electron chi connectivity index (χ2n) is 4.06. The van der Waals surface area contributed by atoms with Crippen molar-refractivity contribution in [1.29, 1.82) is 0 Å². The zero-order chi connectivity index (χ0) is 13.8. The van der Waals surface area contributed by atoms with Gasteiger partial charge in [-0.15, -0.1) is 0 Å². The number of halogens is 1. The zero-order valence-corrected chi connectivity index (χ0v) is 12.8. The van der Waals surface area contributed by atoms with Crippen molar-refractivity contribution in [2.24, 2.45) is 0 Å². The zero-order valence-electron chi connectivity index (χ0n) is 10.4. The van der Waals surface area contributed by atoms with E-state index in [1.54, 1.807) is 6.92 Å². The SMILES string of the molecule is CCOC(=O)C1=Cc2ccc(Br)cc2NC(OS)C1. The maximum Gasteiger partial charge on any atom is 0.334 e. The van der Waals surface area contributed by atoms with Crippen LogP contribution in [0, 0.1) is 0 Å². The molecule has 2 rings (SSSR count). The summed E-state index contributed by atoms with van der Waals surface area (Å²) in [7, 11) is 0. The van der Waals surface area contributed by atoms with Crippen molar-refractivity contribution in [3.8, 4) is 0 Å². The summed E-state index contributed by atoms with van der Waals surface area (Å²) in [6.07, 6.45) is 1.84. The van der Waals surface area contributed by atoms with E-state index >= 15 is 0 Å². The average molecular weight is 344 g/mol. The minimum atomic E-state index is -0.380.